The van der Waals surface area contributed by atoms with Crippen LogP contribution in [0.3, 0.4) is 0 Å². The highest BCUT2D eigenvalue weighted by molar-refractivity contribution is 5.49. The van der Waals surface area contributed by atoms with E-state index in [0.717, 1.165) is 64.6 Å². The molecule has 0 aromatic heterocycles. The number of likely N-dealkylation sites (tertiary alicyclic amines) is 1. The smallest absolute Gasteiger partial charge is 0.168 e. The largest absolute Gasteiger partial charge is 0.385 e. The molecule has 0 N–H and O–H groups in total. The van der Waals surface area contributed by atoms with Gasteiger partial charge in [0.1, 0.15) is 12.6 Å². The van der Waals surface area contributed by atoms with Gasteiger partial charge in [-0.3, -0.25) is 0 Å². The van der Waals surface area contributed by atoms with E-state index in [-0.39, 0.29) is 11.9 Å². The van der Waals surface area contributed by atoms with Crippen molar-refractivity contribution in [3.63, 3.8) is 0 Å². The van der Waals surface area contributed by atoms with Gasteiger partial charge in [0.25, 0.3) is 0 Å². The summed E-state index contributed by atoms with van der Waals surface area (Å²) in [4.78, 5) is 23.5. The molecule has 0 bridgehead atoms. The SMILES string of the molecule is CCCCCC(CC=O)CCCCC.CCCCCC(CC=O)CCCCC.COCCCCCCCCCC1(CCCCCCCCCOC)OCC(CN2CCCC2)O1. The van der Waals surface area contributed by atoms with E-state index in [9.17, 15) is 9.59 Å². The molecule has 7 heteroatoms. The fourth-order valence-electron chi connectivity index (χ4n) is 9.16. The molecule has 7 nitrogen and oxygen atoms in total. The lowest BCUT2D eigenvalue weighted by molar-refractivity contribution is -0.180. The van der Waals surface area contributed by atoms with Gasteiger partial charge in [0.05, 0.1) is 12.7 Å². The van der Waals surface area contributed by atoms with Gasteiger partial charge in [0.2, 0.25) is 0 Å². The molecule has 2 rings (SSSR count). The Bertz CT molecular complexity index is 810. The molecular formula is C54H107NO6. The number of rotatable bonds is 42. The van der Waals surface area contributed by atoms with Crippen LogP contribution in [0, 0.1) is 11.8 Å². The Morgan fingerprint density at radius 3 is 1.23 bits per heavy atom. The third-order valence-electron chi connectivity index (χ3n) is 13.1. The molecule has 0 saturated carbocycles. The molecule has 0 radical (unpaired) electrons. The monoisotopic (exact) mass is 866 g/mol. The maximum Gasteiger partial charge on any atom is 0.168 e. The first-order valence-electron chi connectivity index (χ1n) is 26.9. The summed E-state index contributed by atoms with van der Waals surface area (Å²) in [5.41, 5.74) is 0. The topological polar surface area (TPSA) is 74.3 Å². The number of unbranched alkanes of at least 4 members (excludes halogenated alkanes) is 20. The Balaban J connectivity index is 0.00000106. The highest BCUT2D eigenvalue weighted by Crippen LogP contribution is 2.35. The molecule has 2 heterocycles. The van der Waals surface area contributed by atoms with Crippen LogP contribution in [0.4, 0.5) is 0 Å². The van der Waals surface area contributed by atoms with Gasteiger partial charge < -0.3 is 33.4 Å². The summed E-state index contributed by atoms with van der Waals surface area (Å²) in [6, 6.07) is 0. The number of hydrogen-bond acceptors (Lipinski definition) is 7. The Kier molecular flexibility index (Phi) is 46.4. The van der Waals surface area contributed by atoms with Crippen molar-refractivity contribution >= 4 is 12.6 Å². The molecule has 1 atom stereocenters. The molecular weight excluding hydrogens is 759 g/mol. The van der Waals surface area contributed by atoms with Crippen molar-refractivity contribution in [2.24, 2.45) is 11.8 Å². The molecule has 2 aliphatic heterocycles. The number of carbonyl (C=O) groups excluding carboxylic acids is 2. The zero-order valence-electron chi connectivity index (χ0n) is 42.0. The Hall–Kier alpha value is -0.860. The summed E-state index contributed by atoms with van der Waals surface area (Å²) >= 11 is 0. The minimum Gasteiger partial charge on any atom is -0.385 e. The summed E-state index contributed by atoms with van der Waals surface area (Å²) in [6.45, 7) is 15.0. The van der Waals surface area contributed by atoms with Gasteiger partial charge in [0.15, 0.2) is 5.79 Å². The van der Waals surface area contributed by atoms with E-state index in [1.54, 1.807) is 14.2 Å². The van der Waals surface area contributed by atoms with Crippen LogP contribution in [0.5, 0.6) is 0 Å². The first kappa shape index (κ1) is 60.1. The number of aldehydes is 2. The van der Waals surface area contributed by atoms with Crippen LogP contribution in [0.15, 0.2) is 0 Å². The highest BCUT2D eigenvalue weighted by Gasteiger charge is 2.41. The number of hydrogen-bond donors (Lipinski definition) is 0. The fourth-order valence-corrected chi connectivity index (χ4v) is 9.16. The molecule has 0 amide bonds. The van der Waals surface area contributed by atoms with Gasteiger partial charge in [-0.05, 0) is 63.5 Å². The lowest BCUT2D eigenvalue weighted by Crippen LogP contribution is -2.35. The zero-order valence-corrected chi connectivity index (χ0v) is 42.0. The highest BCUT2D eigenvalue weighted by atomic mass is 16.7. The van der Waals surface area contributed by atoms with Crippen molar-refractivity contribution in [3.8, 4) is 0 Å². The number of nitrogens with zero attached hydrogens (tertiary/aromatic N) is 1. The summed E-state index contributed by atoms with van der Waals surface area (Å²) < 4.78 is 23.4. The van der Waals surface area contributed by atoms with E-state index >= 15 is 0 Å². The summed E-state index contributed by atoms with van der Waals surface area (Å²) in [6.07, 6.45) is 47.7. The van der Waals surface area contributed by atoms with Gasteiger partial charge in [-0.15, -0.1) is 0 Å². The maximum atomic E-state index is 10.5. The van der Waals surface area contributed by atoms with Gasteiger partial charge in [0, 0.05) is 59.7 Å². The Labute approximate surface area is 381 Å². The second-order valence-electron chi connectivity index (χ2n) is 18.9. The third-order valence-corrected chi connectivity index (χ3v) is 13.1. The normalized spacial score (nSPS) is 16.2. The van der Waals surface area contributed by atoms with Crippen LogP contribution in [0.2, 0.25) is 0 Å². The second kappa shape index (κ2) is 47.1. The zero-order chi connectivity index (χ0) is 44.8. The molecule has 364 valence electrons. The first-order valence-corrected chi connectivity index (χ1v) is 26.9. The van der Waals surface area contributed by atoms with Crippen LogP contribution in [0.1, 0.15) is 259 Å². The van der Waals surface area contributed by atoms with Crippen molar-refractivity contribution in [2.75, 3.05) is 53.7 Å². The Morgan fingerprint density at radius 2 is 0.885 bits per heavy atom. The second-order valence-corrected chi connectivity index (χ2v) is 18.9. The van der Waals surface area contributed by atoms with Crippen molar-refractivity contribution in [1.29, 1.82) is 0 Å². The van der Waals surface area contributed by atoms with E-state index in [4.69, 9.17) is 18.9 Å². The molecule has 2 fully saturated rings. The van der Waals surface area contributed by atoms with Gasteiger partial charge in [-0.2, -0.15) is 0 Å². The van der Waals surface area contributed by atoms with Gasteiger partial charge in [-0.25, -0.2) is 0 Å². The average Bonchev–Trinajstić information content (AvgIpc) is 3.93. The predicted octanol–water partition coefficient (Wildman–Crippen LogP) is 15.4. The van der Waals surface area contributed by atoms with Crippen molar-refractivity contribution in [2.45, 2.75) is 271 Å². The molecule has 0 aliphatic carbocycles. The van der Waals surface area contributed by atoms with Crippen LogP contribution in [-0.4, -0.2) is 83.0 Å². The quantitative estimate of drug-likeness (QED) is 0.0447. The number of ether oxygens (including phenoxy) is 4. The summed E-state index contributed by atoms with van der Waals surface area (Å²) in [7, 11) is 3.59. The minimum absolute atomic E-state index is 0.268. The van der Waals surface area contributed by atoms with E-state index in [1.165, 1.54) is 219 Å². The standard InChI is InChI=1S/C28H55NO4.2C13H26O/c1-30-23-17-11-7-3-5-9-13-19-28(20-14-10-6-4-8-12-18-24-31-2)32-26-27(33-28)25-29-21-15-16-22-29;2*1-3-5-7-9-13(11-12-14)10-8-6-4-2/h27H,3-26H2,1-2H3;2*12-13H,3-11H2,1-2H3. The molecule has 0 aromatic rings. The minimum atomic E-state index is -0.304. The van der Waals surface area contributed by atoms with E-state index in [2.05, 4.69) is 32.6 Å². The molecule has 61 heavy (non-hydrogen) atoms. The predicted molar refractivity (Wildman–Crippen MR) is 262 cm³/mol. The Morgan fingerprint density at radius 1 is 0.525 bits per heavy atom. The van der Waals surface area contributed by atoms with Gasteiger partial charge >= 0.3 is 0 Å². The fraction of sp³-hybridized carbons (Fsp3) is 0.963. The number of carbonyl (C=O) groups is 2. The van der Waals surface area contributed by atoms with E-state index in [1.807, 2.05) is 0 Å². The van der Waals surface area contributed by atoms with Crippen LogP contribution < -0.4 is 0 Å². The molecule has 1 unspecified atom stereocenters. The average molecular weight is 866 g/mol. The number of methoxy groups -OCH3 is 2. The summed E-state index contributed by atoms with van der Waals surface area (Å²) in [5, 5.41) is 0. The lowest BCUT2D eigenvalue weighted by atomic mass is 9.93. The van der Waals surface area contributed by atoms with E-state index < -0.39 is 0 Å². The maximum absolute atomic E-state index is 10.5. The van der Waals surface area contributed by atoms with Crippen LogP contribution >= 0.6 is 0 Å². The molecule has 0 aromatic carbocycles. The van der Waals surface area contributed by atoms with Crippen molar-refractivity contribution in [3.05, 3.63) is 0 Å². The van der Waals surface area contributed by atoms with E-state index in [0.29, 0.717) is 11.8 Å². The van der Waals surface area contributed by atoms with Gasteiger partial charge in [-0.1, -0.05) is 195 Å². The molecule has 0 spiro atoms. The lowest BCUT2D eigenvalue weighted by Gasteiger charge is -2.29. The van der Waals surface area contributed by atoms with Crippen LogP contribution in [0.25, 0.3) is 0 Å². The molecule has 2 saturated heterocycles. The first-order chi connectivity index (χ1) is 30.0. The third kappa shape index (κ3) is 38.2. The molecule has 2 aliphatic rings. The van der Waals surface area contributed by atoms with Crippen molar-refractivity contribution < 1.29 is 28.5 Å². The van der Waals surface area contributed by atoms with Crippen molar-refractivity contribution in [1.82, 2.24) is 4.90 Å². The summed E-state index contributed by atoms with van der Waals surface area (Å²) in [5.74, 6) is 1.04. The van der Waals surface area contributed by atoms with Crippen LogP contribution in [-0.2, 0) is 28.5 Å².